The van der Waals surface area contributed by atoms with Gasteiger partial charge in [-0.1, -0.05) is 6.07 Å². The maximum absolute atomic E-state index is 12.2. The molecule has 0 radical (unpaired) electrons. The van der Waals surface area contributed by atoms with Gasteiger partial charge < -0.3 is 4.57 Å². The number of halogens is 1. The summed E-state index contributed by atoms with van der Waals surface area (Å²) in [6.07, 6.45) is 1.70. The average Bonchev–Trinajstić information content (AvgIpc) is 2.78. The molecule has 0 bridgehead atoms. The lowest BCUT2D eigenvalue weighted by molar-refractivity contribution is 0.0937. The van der Waals surface area contributed by atoms with Gasteiger partial charge in [-0.05, 0) is 59.1 Å². The lowest BCUT2D eigenvalue weighted by atomic mass is 10.1. The van der Waals surface area contributed by atoms with Crippen molar-refractivity contribution in [3.05, 3.63) is 51.8 Å². The number of hydrogen-bond donors (Lipinski definition) is 2. The smallest absolute Gasteiger partial charge is 0.282 e. The minimum absolute atomic E-state index is 0.101. The molecular formula is C14H16BrN3O3S. The van der Waals surface area contributed by atoms with Crippen LogP contribution in [-0.2, 0) is 17.1 Å². The summed E-state index contributed by atoms with van der Waals surface area (Å²) in [5, 5.41) is 0. The predicted molar refractivity (Wildman–Crippen MR) is 86.8 cm³/mol. The molecule has 0 unspecified atom stereocenters. The maximum atomic E-state index is 12.2. The molecule has 0 saturated carbocycles. The summed E-state index contributed by atoms with van der Waals surface area (Å²) in [4.78, 5) is 14.2. The number of nitrogens with one attached hydrogen (secondary N) is 2. The summed E-state index contributed by atoms with van der Waals surface area (Å²) in [5.41, 5.74) is 4.39. The molecule has 1 amide bonds. The third-order valence-corrected chi connectivity index (χ3v) is 4.97. The fraction of sp³-hybridized carbons (Fsp3) is 0.214. The highest BCUT2D eigenvalue weighted by Gasteiger charge is 2.17. The number of benzene rings is 1. The topological polar surface area (TPSA) is 80.2 Å². The van der Waals surface area contributed by atoms with Crippen LogP contribution in [0.1, 0.15) is 21.6 Å². The Morgan fingerprint density at radius 3 is 2.41 bits per heavy atom. The molecule has 0 saturated heterocycles. The average molecular weight is 386 g/mol. The maximum Gasteiger partial charge on any atom is 0.282 e. The van der Waals surface area contributed by atoms with Gasteiger partial charge in [0.15, 0.2) is 0 Å². The minimum atomic E-state index is -3.81. The van der Waals surface area contributed by atoms with Gasteiger partial charge in [0.05, 0.1) is 4.90 Å². The summed E-state index contributed by atoms with van der Waals surface area (Å²) in [7, 11) is -2.12. The summed E-state index contributed by atoms with van der Waals surface area (Å²) < 4.78 is 26.7. The van der Waals surface area contributed by atoms with E-state index in [4.69, 9.17) is 0 Å². The lowest BCUT2D eigenvalue weighted by Gasteiger charge is -2.10. The molecule has 0 atom stereocenters. The lowest BCUT2D eigenvalue weighted by Crippen LogP contribution is -2.42. The number of carbonyl (C=O) groups is 1. The van der Waals surface area contributed by atoms with E-state index in [2.05, 4.69) is 26.2 Å². The Balaban J connectivity index is 2.14. The van der Waals surface area contributed by atoms with Crippen molar-refractivity contribution < 1.29 is 13.2 Å². The number of sulfonamides is 1. The van der Waals surface area contributed by atoms with Crippen LogP contribution in [0, 0.1) is 13.8 Å². The van der Waals surface area contributed by atoms with E-state index in [1.165, 1.54) is 6.07 Å². The Labute approximate surface area is 137 Å². The second-order valence-corrected chi connectivity index (χ2v) is 7.56. The Bertz CT molecular complexity index is 828. The van der Waals surface area contributed by atoms with Crippen LogP contribution in [0.4, 0.5) is 0 Å². The van der Waals surface area contributed by atoms with Crippen LogP contribution >= 0.6 is 15.9 Å². The third kappa shape index (κ3) is 3.57. The quantitative estimate of drug-likeness (QED) is 0.790. The van der Waals surface area contributed by atoms with Crippen LogP contribution in [0.5, 0.6) is 0 Å². The molecule has 1 heterocycles. The Morgan fingerprint density at radius 1 is 1.18 bits per heavy atom. The van der Waals surface area contributed by atoms with E-state index in [0.29, 0.717) is 5.69 Å². The first-order valence-corrected chi connectivity index (χ1v) is 8.69. The van der Waals surface area contributed by atoms with Gasteiger partial charge in [-0.2, -0.15) is 0 Å². The molecule has 2 rings (SSSR count). The van der Waals surface area contributed by atoms with E-state index in [-0.39, 0.29) is 4.90 Å². The summed E-state index contributed by atoms with van der Waals surface area (Å²) in [6, 6.07) is 6.37. The summed E-state index contributed by atoms with van der Waals surface area (Å²) in [5.74, 6) is -0.541. The number of aromatic nitrogens is 1. The zero-order valence-corrected chi connectivity index (χ0v) is 14.7. The van der Waals surface area contributed by atoms with E-state index in [0.717, 1.165) is 15.6 Å². The van der Waals surface area contributed by atoms with Crippen molar-refractivity contribution in [3.8, 4) is 0 Å². The number of hydrogen-bond acceptors (Lipinski definition) is 3. The Morgan fingerprint density at radius 2 is 1.86 bits per heavy atom. The first-order valence-electron chi connectivity index (χ1n) is 6.42. The predicted octanol–water partition coefficient (Wildman–Crippen LogP) is 2.03. The van der Waals surface area contributed by atoms with Crippen molar-refractivity contribution in [2.45, 2.75) is 18.7 Å². The highest BCUT2D eigenvalue weighted by Crippen LogP contribution is 2.15. The SMILES string of the molecule is Cc1ccc(S(=O)(=O)NNC(=O)c2cc(Br)cn2C)cc1C. The van der Waals surface area contributed by atoms with Gasteiger partial charge in [-0.15, -0.1) is 4.83 Å². The molecule has 2 aromatic rings. The van der Waals surface area contributed by atoms with Crippen LogP contribution < -0.4 is 10.3 Å². The third-order valence-electron chi connectivity index (χ3n) is 3.29. The largest absolute Gasteiger partial charge is 0.345 e. The Kier molecular flexibility index (Phi) is 4.74. The summed E-state index contributed by atoms with van der Waals surface area (Å²) >= 11 is 3.25. The van der Waals surface area contributed by atoms with Crippen LogP contribution in [0.25, 0.3) is 0 Å². The molecule has 0 spiro atoms. The minimum Gasteiger partial charge on any atom is -0.345 e. The molecule has 1 aromatic heterocycles. The highest BCUT2D eigenvalue weighted by molar-refractivity contribution is 9.10. The molecule has 2 N–H and O–H groups in total. The highest BCUT2D eigenvalue weighted by atomic mass is 79.9. The van der Waals surface area contributed by atoms with Gasteiger partial charge in [0.1, 0.15) is 5.69 Å². The van der Waals surface area contributed by atoms with Gasteiger partial charge in [0, 0.05) is 17.7 Å². The second-order valence-electron chi connectivity index (χ2n) is 4.96. The molecule has 118 valence electrons. The molecule has 6 nitrogen and oxygen atoms in total. The van der Waals surface area contributed by atoms with Crippen molar-refractivity contribution in [3.63, 3.8) is 0 Å². The second kappa shape index (κ2) is 6.23. The van der Waals surface area contributed by atoms with Crippen molar-refractivity contribution in [2.75, 3.05) is 0 Å². The van der Waals surface area contributed by atoms with Crippen LogP contribution in [0.2, 0.25) is 0 Å². The molecule has 0 aliphatic rings. The zero-order valence-electron chi connectivity index (χ0n) is 12.3. The number of carbonyl (C=O) groups excluding carboxylic acids is 1. The number of hydrazine groups is 1. The molecular weight excluding hydrogens is 370 g/mol. The fourth-order valence-electron chi connectivity index (χ4n) is 1.87. The standard InChI is InChI=1S/C14H16BrN3O3S/c1-9-4-5-12(6-10(9)2)22(20,21)17-16-14(19)13-7-11(15)8-18(13)3/h4-8,17H,1-3H3,(H,16,19). The molecule has 8 heteroatoms. The van der Waals surface area contributed by atoms with Gasteiger partial charge in [-0.25, -0.2) is 8.42 Å². The van der Waals surface area contributed by atoms with Crippen molar-refractivity contribution in [2.24, 2.45) is 7.05 Å². The molecule has 0 aliphatic carbocycles. The van der Waals surface area contributed by atoms with Gasteiger partial charge in [0.2, 0.25) is 0 Å². The normalized spacial score (nSPS) is 11.5. The van der Waals surface area contributed by atoms with Crippen molar-refractivity contribution in [1.82, 2.24) is 14.8 Å². The Hall–Kier alpha value is -1.64. The van der Waals surface area contributed by atoms with E-state index >= 15 is 0 Å². The van der Waals surface area contributed by atoms with E-state index in [1.54, 1.807) is 36.0 Å². The van der Waals surface area contributed by atoms with Crippen molar-refractivity contribution >= 4 is 31.9 Å². The number of aryl methyl sites for hydroxylation is 3. The molecule has 0 fully saturated rings. The fourth-order valence-corrected chi connectivity index (χ4v) is 3.32. The zero-order chi connectivity index (χ0) is 16.5. The van der Waals surface area contributed by atoms with Gasteiger partial charge >= 0.3 is 0 Å². The monoisotopic (exact) mass is 385 g/mol. The van der Waals surface area contributed by atoms with Crippen LogP contribution in [0.15, 0.2) is 39.8 Å². The van der Waals surface area contributed by atoms with Gasteiger partial charge in [-0.3, -0.25) is 10.2 Å². The van der Waals surface area contributed by atoms with Crippen molar-refractivity contribution in [1.29, 1.82) is 0 Å². The van der Waals surface area contributed by atoms with Gasteiger partial charge in [0.25, 0.3) is 15.9 Å². The molecule has 22 heavy (non-hydrogen) atoms. The van der Waals surface area contributed by atoms with Crippen LogP contribution in [-0.4, -0.2) is 18.9 Å². The van der Waals surface area contributed by atoms with E-state index < -0.39 is 15.9 Å². The number of nitrogens with zero attached hydrogens (tertiary/aromatic N) is 1. The first kappa shape index (κ1) is 16.7. The van der Waals surface area contributed by atoms with E-state index in [1.807, 2.05) is 13.8 Å². The summed E-state index contributed by atoms with van der Waals surface area (Å²) in [6.45, 7) is 3.72. The molecule has 0 aliphatic heterocycles. The van der Waals surface area contributed by atoms with Crippen LogP contribution in [0.3, 0.4) is 0 Å². The van der Waals surface area contributed by atoms with E-state index in [9.17, 15) is 13.2 Å². The first-order chi connectivity index (χ1) is 10.2. The number of amides is 1. The number of rotatable bonds is 4. The molecule has 1 aromatic carbocycles.